The molecule has 0 N–H and O–H groups in total. The Balaban J connectivity index is 1.88. The number of non-ortho nitro benzene ring substituents is 1. The summed E-state index contributed by atoms with van der Waals surface area (Å²) in [5, 5.41) is 10.7. The lowest BCUT2D eigenvalue weighted by Gasteiger charge is -2.34. The molecule has 0 aliphatic carbocycles. The highest BCUT2D eigenvalue weighted by molar-refractivity contribution is 5.71. The van der Waals surface area contributed by atoms with Crippen molar-refractivity contribution in [3.05, 3.63) is 34.4 Å². The second kappa shape index (κ2) is 9.64. The highest BCUT2D eigenvalue weighted by Crippen LogP contribution is 2.23. The van der Waals surface area contributed by atoms with E-state index < -0.39 is 11.0 Å². The lowest BCUT2D eigenvalue weighted by Crippen LogP contribution is -2.45. The van der Waals surface area contributed by atoms with Crippen molar-refractivity contribution in [2.45, 2.75) is 38.1 Å². The molecule has 1 fully saturated rings. The van der Waals surface area contributed by atoms with E-state index in [4.69, 9.17) is 15.9 Å². The molecule has 0 bridgehead atoms. The van der Waals surface area contributed by atoms with Gasteiger partial charge in [-0.05, 0) is 44.2 Å². The second-order valence-corrected chi connectivity index (χ2v) is 5.86. The monoisotopic (exact) mass is 346 g/mol. The van der Waals surface area contributed by atoms with Gasteiger partial charge in [0.2, 0.25) is 0 Å². The summed E-state index contributed by atoms with van der Waals surface area (Å²) in [5.41, 5.74) is -0.0392. The fraction of sp³-hybridized carbons (Fsp3) is 0.500. The summed E-state index contributed by atoms with van der Waals surface area (Å²) in [6, 6.07) is 5.62. The van der Waals surface area contributed by atoms with Gasteiger partial charge in [0, 0.05) is 31.3 Å². The number of carbonyl (C=O) groups is 1. The van der Waals surface area contributed by atoms with Crippen LogP contribution in [-0.2, 0) is 4.74 Å². The summed E-state index contributed by atoms with van der Waals surface area (Å²) in [6.45, 7) is 1.53. The van der Waals surface area contributed by atoms with Crippen LogP contribution in [0.25, 0.3) is 0 Å². The molecule has 0 saturated carbocycles. The van der Waals surface area contributed by atoms with E-state index in [1.165, 1.54) is 24.3 Å². The van der Waals surface area contributed by atoms with Gasteiger partial charge in [0.1, 0.15) is 12.4 Å². The Labute approximate surface area is 147 Å². The third kappa shape index (κ3) is 5.76. The van der Waals surface area contributed by atoms with Crippen molar-refractivity contribution in [1.82, 2.24) is 4.90 Å². The molecule has 1 unspecified atom stereocenters. The summed E-state index contributed by atoms with van der Waals surface area (Å²) in [7, 11) is 0. The number of terminal acetylenes is 1. The summed E-state index contributed by atoms with van der Waals surface area (Å²) >= 11 is 0. The number of ether oxygens (including phenoxy) is 2. The van der Waals surface area contributed by atoms with E-state index in [9.17, 15) is 14.9 Å². The quantitative estimate of drug-likeness (QED) is 0.327. The first kappa shape index (κ1) is 18.7. The van der Waals surface area contributed by atoms with Crippen molar-refractivity contribution in [1.29, 1.82) is 0 Å². The molecule has 134 valence electrons. The average Bonchev–Trinajstić information content (AvgIpc) is 2.62. The summed E-state index contributed by atoms with van der Waals surface area (Å²) in [4.78, 5) is 24.4. The van der Waals surface area contributed by atoms with Crippen LogP contribution >= 0.6 is 0 Å². The van der Waals surface area contributed by atoms with Gasteiger partial charge in [-0.2, -0.15) is 0 Å². The van der Waals surface area contributed by atoms with Crippen molar-refractivity contribution < 1.29 is 19.2 Å². The number of benzene rings is 1. The first-order valence-electron chi connectivity index (χ1n) is 8.36. The number of amides is 1. The van der Waals surface area contributed by atoms with Crippen LogP contribution in [-0.4, -0.2) is 41.7 Å². The molecule has 7 nitrogen and oxygen atoms in total. The van der Waals surface area contributed by atoms with Gasteiger partial charge in [0.25, 0.3) is 5.69 Å². The van der Waals surface area contributed by atoms with Gasteiger partial charge in [-0.15, -0.1) is 6.42 Å². The predicted molar refractivity (Wildman–Crippen MR) is 92.4 cm³/mol. The predicted octanol–water partition coefficient (Wildman–Crippen LogP) is 3.38. The minimum atomic E-state index is -0.492. The van der Waals surface area contributed by atoms with Crippen LogP contribution in [0.4, 0.5) is 10.5 Å². The molecule has 0 aromatic heterocycles. The van der Waals surface area contributed by atoms with E-state index in [0.29, 0.717) is 25.5 Å². The number of nitro benzene ring substituents is 1. The molecule has 1 saturated heterocycles. The lowest BCUT2D eigenvalue weighted by molar-refractivity contribution is -0.384. The summed E-state index contributed by atoms with van der Waals surface area (Å²) in [6.07, 6.45) is 9.34. The first-order chi connectivity index (χ1) is 12.1. The van der Waals surface area contributed by atoms with E-state index >= 15 is 0 Å². The smallest absolute Gasteiger partial charge is 0.410 e. The van der Waals surface area contributed by atoms with Gasteiger partial charge < -0.3 is 14.4 Å². The maximum Gasteiger partial charge on any atom is 0.415 e. The summed E-state index contributed by atoms with van der Waals surface area (Å²) < 4.78 is 10.6. The second-order valence-electron chi connectivity index (χ2n) is 5.86. The standard InChI is InChI=1S/C18H22N2O5/c1-2-13-24-14-5-7-15-6-3-4-12-19(15)18(21)25-17-10-8-16(9-11-17)20(22)23/h1,8-11,15H,3-7,12-14H2. The maximum atomic E-state index is 12.4. The van der Waals surface area contributed by atoms with E-state index in [0.717, 1.165) is 32.1 Å². The van der Waals surface area contributed by atoms with Gasteiger partial charge >= 0.3 is 6.09 Å². The molecule has 1 aliphatic heterocycles. The Bertz CT molecular complexity index is 623. The normalized spacial score (nSPS) is 16.9. The molecule has 2 rings (SSSR count). The van der Waals surface area contributed by atoms with Gasteiger partial charge in [-0.1, -0.05) is 5.92 Å². The molecule has 25 heavy (non-hydrogen) atoms. The van der Waals surface area contributed by atoms with Gasteiger partial charge in [0.15, 0.2) is 0 Å². The van der Waals surface area contributed by atoms with Crippen molar-refractivity contribution in [2.24, 2.45) is 0 Å². The third-order valence-corrected chi connectivity index (χ3v) is 4.13. The zero-order valence-corrected chi connectivity index (χ0v) is 14.1. The molecule has 0 radical (unpaired) electrons. The Morgan fingerprint density at radius 2 is 2.12 bits per heavy atom. The Morgan fingerprint density at radius 1 is 1.36 bits per heavy atom. The molecule has 1 aliphatic rings. The number of piperidine rings is 1. The molecule has 0 spiro atoms. The first-order valence-corrected chi connectivity index (χ1v) is 8.36. The topological polar surface area (TPSA) is 81.9 Å². The molecule has 1 aromatic rings. The van der Waals surface area contributed by atoms with Crippen molar-refractivity contribution in [3.63, 3.8) is 0 Å². The van der Waals surface area contributed by atoms with E-state index in [2.05, 4.69) is 5.92 Å². The Hall–Kier alpha value is -2.59. The van der Waals surface area contributed by atoms with Crippen LogP contribution in [0, 0.1) is 22.5 Å². The zero-order valence-electron chi connectivity index (χ0n) is 14.1. The molecule has 1 amide bonds. The number of likely N-dealkylation sites (tertiary alicyclic amines) is 1. The van der Waals surface area contributed by atoms with E-state index in [-0.39, 0.29) is 11.7 Å². The third-order valence-electron chi connectivity index (χ3n) is 4.13. The molecule has 1 aromatic carbocycles. The highest BCUT2D eigenvalue weighted by atomic mass is 16.6. The zero-order chi connectivity index (χ0) is 18.1. The Morgan fingerprint density at radius 3 is 2.80 bits per heavy atom. The number of nitro groups is 1. The summed E-state index contributed by atoms with van der Waals surface area (Å²) in [5.74, 6) is 2.73. The Kier molecular flexibility index (Phi) is 7.23. The molecular weight excluding hydrogens is 324 g/mol. The van der Waals surface area contributed by atoms with E-state index in [1.54, 1.807) is 4.90 Å². The number of rotatable bonds is 7. The molecule has 7 heteroatoms. The maximum absolute atomic E-state index is 12.4. The van der Waals surface area contributed by atoms with Crippen LogP contribution in [0.1, 0.15) is 32.1 Å². The SMILES string of the molecule is C#CCOCCCC1CCCCN1C(=O)Oc1ccc([N+](=O)[O-])cc1. The highest BCUT2D eigenvalue weighted by Gasteiger charge is 2.27. The van der Waals surface area contributed by atoms with Crippen molar-refractivity contribution in [2.75, 3.05) is 19.8 Å². The van der Waals surface area contributed by atoms with Crippen LogP contribution in [0.15, 0.2) is 24.3 Å². The van der Waals surface area contributed by atoms with Gasteiger partial charge in [-0.25, -0.2) is 4.79 Å². The van der Waals surface area contributed by atoms with Gasteiger partial charge in [0.05, 0.1) is 4.92 Å². The average molecular weight is 346 g/mol. The molecule has 1 heterocycles. The molecular formula is C18H22N2O5. The number of hydrogen-bond donors (Lipinski definition) is 0. The number of carbonyl (C=O) groups excluding carboxylic acids is 1. The van der Waals surface area contributed by atoms with Crippen LogP contribution in [0.3, 0.4) is 0 Å². The van der Waals surface area contributed by atoms with Crippen molar-refractivity contribution in [3.8, 4) is 18.1 Å². The minimum Gasteiger partial charge on any atom is -0.410 e. The fourth-order valence-electron chi connectivity index (χ4n) is 2.89. The largest absolute Gasteiger partial charge is 0.415 e. The van der Waals surface area contributed by atoms with Crippen LogP contribution in [0.5, 0.6) is 5.75 Å². The van der Waals surface area contributed by atoms with Crippen LogP contribution < -0.4 is 4.74 Å². The van der Waals surface area contributed by atoms with Gasteiger partial charge in [-0.3, -0.25) is 10.1 Å². The van der Waals surface area contributed by atoms with Crippen LogP contribution in [0.2, 0.25) is 0 Å². The van der Waals surface area contributed by atoms with Crippen molar-refractivity contribution >= 4 is 11.8 Å². The number of hydrogen-bond acceptors (Lipinski definition) is 5. The minimum absolute atomic E-state index is 0.0392. The lowest BCUT2D eigenvalue weighted by atomic mass is 9.98. The van der Waals surface area contributed by atoms with E-state index in [1.807, 2.05) is 0 Å². The number of nitrogens with zero attached hydrogens (tertiary/aromatic N) is 2. The fourth-order valence-corrected chi connectivity index (χ4v) is 2.89. The molecule has 1 atom stereocenters.